The lowest BCUT2D eigenvalue weighted by Gasteiger charge is -2.15. The van der Waals surface area contributed by atoms with Gasteiger partial charge < -0.3 is 10.4 Å². The molecular formula is C18H22N4O3. The lowest BCUT2D eigenvalue weighted by atomic mass is 9.93. The van der Waals surface area contributed by atoms with Gasteiger partial charge in [0, 0.05) is 24.7 Å². The van der Waals surface area contributed by atoms with E-state index >= 15 is 0 Å². The molecule has 1 aliphatic carbocycles. The molecule has 1 saturated carbocycles. The van der Waals surface area contributed by atoms with Crippen molar-refractivity contribution >= 4 is 17.7 Å². The van der Waals surface area contributed by atoms with Gasteiger partial charge in [-0.05, 0) is 22.5 Å². The summed E-state index contributed by atoms with van der Waals surface area (Å²) in [5.41, 5.74) is -1.77. The van der Waals surface area contributed by atoms with Crippen molar-refractivity contribution < 1.29 is 14.7 Å². The number of hydrogen-bond donors (Lipinski definition) is 2. The molecule has 3 rings (SSSR count). The van der Waals surface area contributed by atoms with Gasteiger partial charge in [-0.15, -0.1) is 0 Å². The summed E-state index contributed by atoms with van der Waals surface area (Å²) < 4.78 is 1.67. The van der Waals surface area contributed by atoms with Gasteiger partial charge in [0.2, 0.25) is 5.91 Å². The molecular weight excluding hydrogens is 320 g/mol. The summed E-state index contributed by atoms with van der Waals surface area (Å²) in [6.07, 6.45) is 5.18. The van der Waals surface area contributed by atoms with Crippen LogP contribution in [-0.2, 0) is 16.1 Å². The van der Waals surface area contributed by atoms with Gasteiger partial charge >= 0.3 is 5.97 Å². The maximum atomic E-state index is 12.8. The zero-order valence-electron chi connectivity index (χ0n) is 14.8. The summed E-state index contributed by atoms with van der Waals surface area (Å²) >= 11 is 0. The zero-order chi connectivity index (χ0) is 18.5. The van der Waals surface area contributed by atoms with Gasteiger partial charge in [-0.3, -0.25) is 19.3 Å². The molecule has 2 heterocycles. The molecule has 0 bridgehead atoms. The molecule has 0 radical (unpaired) electrons. The number of anilines is 1. The van der Waals surface area contributed by atoms with Gasteiger partial charge in [0.25, 0.3) is 0 Å². The number of pyridine rings is 1. The van der Waals surface area contributed by atoms with Crippen LogP contribution in [0.5, 0.6) is 0 Å². The third kappa shape index (κ3) is 2.26. The number of rotatable bonds is 5. The van der Waals surface area contributed by atoms with Crippen molar-refractivity contribution in [2.45, 2.75) is 34.2 Å². The van der Waals surface area contributed by atoms with E-state index in [1.165, 1.54) is 0 Å². The zero-order valence-corrected chi connectivity index (χ0v) is 14.8. The number of carbonyl (C=O) groups is 2. The van der Waals surface area contributed by atoms with Gasteiger partial charge in [-0.2, -0.15) is 5.10 Å². The Kier molecular flexibility index (Phi) is 3.70. The number of carbonyl (C=O) groups excluding carboxylic acids is 1. The van der Waals surface area contributed by atoms with E-state index < -0.39 is 28.1 Å². The van der Waals surface area contributed by atoms with Crippen molar-refractivity contribution in [3.63, 3.8) is 0 Å². The second kappa shape index (κ2) is 5.40. The first-order chi connectivity index (χ1) is 11.6. The Morgan fingerprint density at radius 2 is 1.88 bits per heavy atom. The Bertz CT molecular complexity index is 810. The number of nitrogens with zero attached hydrogens (tertiary/aromatic N) is 3. The van der Waals surface area contributed by atoms with Crippen LogP contribution >= 0.6 is 0 Å². The molecule has 25 heavy (non-hydrogen) atoms. The lowest BCUT2D eigenvalue weighted by Crippen LogP contribution is -2.37. The van der Waals surface area contributed by atoms with E-state index in [-0.39, 0.29) is 0 Å². The van der Waals surface area contributed by atoms with E-state index in [1.54, 1.807) is 29.3 Å². The van der Waals surface area contributed by atoms with Crippen LogP contribution in [0.3, 0.4) is 0 Å². The summed E-state index contributed by atoms with van der Waals surface area (Å²) in [4.78, 5) is 28.7. The number of amides is 1. The van der Waals surface area contributed by atoms with Crippen molar-refractivity contribution in [1.82, 2.24) is 14.8 Å². The van der Waals surface area contributed by atoms with E-state index in [0.29, 0.717) is 12.4 Å². The van der Waals surface area contributed by atoms with Crippen LogP contribution in [0.1, 0.15) is 33.3 Å². The molecule has 2 aromatic rings. The van der Waals surface area contributed by atoms with E-state index in [2.05, 4.69) is 15.4 Å². The van der Waals surface area contributed by atoms with Crippen LogP contribution in [0.25, 0.3) is 0 Å². The molecule has 7 heteroatoms. The fourth-order valence-corrected chi connectivity index (χ4v) is 3.92. The number of carboxylic acids is 1. The SMILES string of the molecule is CC1(C)C(C)(C)C1(C(=O)O)C(=O)Nc1ccn(Cc2cccnc2)n1. The summed E-state index contributed by atoms with van der Waals surface area (Å²) in [6.45, 7) is 7.75. The maximum Gasteiger partial charge on any atom is 0.320 e. The number of carboxylic acid groups (broad SMARTS) is 1. The standard InChI is InChI=1S/C18H22N4O3/c1-16(2)17(3,4)18(16,15(24)25)14(23)20-13-7-9-22(21-13)11-12-6-5-8-19-10-12/h5-10H,11H2,1-4H3,(H,24,25)(H,20,21,23). The predicted molar refractivity (Wildman–Crippen MR) is 91.8 cm³/mol. The Labute approximate surface area is 146 Å². The smallest absolute Gasteiger partial charge is 0.320 e. The van der Waals surface area contributed by atoms with E-state index in [0.717, 1.165) is 5.56 Å². The Balaban J connectivity index is 1.77. The first-order valence-corrected chi connectivity index (χ1v) is 8.12. The second-order valence-electron chi connectivity index (χ2n) is 7.52. The minimum atomic E-state index is -1.47. The fraction of sp³-hybridized carbons (Fsp3) is 0.444. The van der Waals surface area contributed by atoms with E-state index in [1.807, 2.05) is 39.8 Å². The molecule has 0 spiro atoms. The van der Waals surface area contributed by atoms with Crippen molar-refractivity contribution in [1.29, 1.82) is 0 Å². The van der Waals surface area contributed by atoms with Gasteiger partial charge in [-0.25, -0.2) is 0 Å². The normalized spacial score (nSPS) is 19.2. The van der Waals surface area contributed by atoms with Crippen LogP contribution in [-0.4, -0.2) is 31.7 Å². The Morgan fingerprint density at radius 1 is 1.20 bits per heavy atom. The van der Waals surface area contributed by atoms with Gasteiger partial charge in [0.1, 0.15) is 0 Å². The van der Waals surface area contributed by atoms with Crippen molar-refractivity contribution in [3.05, 3.63) is 42.4 Å². The maximum absolute atomic E-state index is 12.8. The van der Waals surface area contributed by atoms with E-state index in [9.17, 15) is 14.7 Å². The van der Waals surface area contributed by atoms with Gasteiger partial charge in [0.05, 0.1) is 6.54 Å². The highest BCUT2D eigenvalue weighted by Gasteiger charge is 2.85. The van der Waals surface area contributed by atoms with Gasteiger partial charge in [0.15, 0.2) is 11.2 Å². The highest BCUT2D eigenvalue weighted by molar-refractivity contribution is 6.13. The van der Waals surface area contributed by atoms with Crippen molar-refractivity contribution in [2.24, 2.45) is 16.2 Å². The third-order valence-electron chi connectivity index (χ3n) is 5.99. The average molecular weight is 342 g/mol. The summed E-state index contributed by atoms with van der Waals surface area (Å²) in [6, 6.07) is 5.43. The topological polar surface area (TPSA) is 97.1 Å². The molecule has 1 aliphatic rings. The highest BCUT2D eigenvalue weighted by atomic mass is 16.4. The molecule has 7 nitrogen and oxygen atoms in total. The summed E-state index contributed by atoms with van der Waals surface area (Å²) in [5, 5.41) is 16.7. The number of hydrogen-bond acceptors (Lipinski definition) is 4. The number of nitrogens with one attached hydrogen (secondary N) is 1. The molecule has 0 aliphatic heterocycles. The van der Waals surface area contributed by atoms with Crippen molar-refractivity contribution in [2.75, 3.05) is 5.32 Å². The van der Waals surface area contributed by atoms with Crippen LogP contribution in [0.15, 0.2) is 36.8 Å². The molecule has 1 amide bonds. The number of aliphatic carboxylic acids is 1. The molecule has 0 atom stereocenters. The minimum Gasteiger partial charge on any atom is -0.480 e. The first-order valence-electron chi connectivity index (χ1n) is 8.12. The quantitative estimate of drug-likeness (QED) is 0.813. The van der Waals surface area contributed by atoms with Crippen molar-refractivity contribution in [3.8, 4) is 0 Å². The van der Waals surface area contributed by atoms with Crippen LogP contribution in [0.2, 0.25) is 0 Å². The largest absolute Gasteiger partial charge is 0.480 e. The van der Waals surface area contributed by atoms with Gasteiger partial charge in [-0.1, -0.05) is 33.8 Å². The van der Waals surface area contributed by atoms with Crippen LogP contribution in [0, 0.1) is 16.2 Å². The molecule has 0 aromatic carbocycles. The van der Waals surface area contributed by atoms with Crippen LogP contribution in [0.4, 0.5) is 5.82 Å². The average Bonchev–Trinajstić information content (AvgIpc) is 2.79. The Morgan fingerprint density at radius 3 is 2.40 bits per heavy atom. The number of aromatic nitrogens is 3. The Hall–Kier alpha value is -2.70. The van der Waals surface area contributed by atoms with E-state index in [4.69, 9.17) is 0 Å². The molecule has 132 valence electrons. The molecule has 0 saturated heterocycles. The molecule has 2 aromatic heterocycles. The lowest BCUT2D eigenvalue weighted by molar-refractivity contribution is -0.150. The molecule has 0 unspecified atom stereocenters. The summed E-state index contributed by atoms with van der Waals surface area (Å²) in [7, 11) is 0. The summed E-state index contributed by atoms with van der Waals surface area (Å²) in [5.74, 6) is -1.29. The highest BCUT2D eigenvalue weighted by Crippen LogP contribution is 2.78. The molecule has 1 fully saturated rings. The molecule has 2 N–H and O–H groups in total. The first kappa shape index (κ1) is 17.1. The monoisotopic (exact) mass is 342 g/mol. The predicted octanol–water partition coefficient (Wildman–Crippen LogP) is 2.40. The minimum absolute atomic E-state index is 0.341. The second-order valence-corrected chi connectivity index (χ2v) is 7.52. The fourth-order valence-electron chi connectivity index (χ4n) is 3.92. The third-order valence-corrected chi connectivity index (χ3v) is 5.99. The van der Waals surface area contributed by atoms with Crippen LogP contribution < -0.4 is 5.32 Å².